The summed E-state index contributed by atoms with van der Waals surface area (Å²) in [7, 11) is 0. The summed E-state index contributed by atoms with van der Waals surface area (Å²) in [6.07, 6.45) is 4.07. The Bertz CT molecular complexity index is 502. The van der Waals surface area contributed by atoms with E-state index in [0.29, 0.717) is 13.2 Å². The van der Waals surface area contributed by atoms with Crippen LogP contribution >= 0.6 is 0 Å². The van der Waals surface area contributed by atoms with Crippen LogP contribution in [0.4, 0.5) is 4.79 Å². The number of carbonyl (C=O) groups is 1. The zero-order chi connectivity index (χ0) is 16.9. The number of alkyl carbamates (subject to hydrolysis) is 1. The number of amides is 1. The van der Waals surface area contributed by atoms with Crippen molar-refractivity contribution in [2.75, 3.05) is 6.61 Å². The van der Waals surface area contributed by atoms with Gasteiger partial charge in [0, 0.05) is 25.5 Å². The van der Waals surface area contributed by atoms with Crippen LogP contribution in [-0.4, -0.2) is 41.5 Å². The smallest absolute Gasteiger partial charge is 0.407 e. The predicted molar refractivity (Wildman–Crippen MR) is 88.1 cm³/mol. The van der Waals surface area contributed by atoms with Crippen molar-refractivity contribution >= 4 is 6.09 Å². The molecule has 3 unspecified atom stereocenters. The Morgan fingerprint density at radius 2 is 2.04 bits per heavy atom. The Labute approximate surface area is 138 Å². The van der Waals surface area contributed by atoms with Gasteiger partial charge in [-0.1, -0.05) is 0 Å². The lowest BCUT2D eigenvalue weighted by molar-refractivity contribution is -0.0438. The third-order valence-electron chi connectivity index (χ3n) is 3.69. The van der Waals surface area contributed by atoms with Crippen LogP contribution in [0.2, 0.25) is 0 Å². The van der Waals surface area contributed by atoms with Gasteiger partial charge in [-0.2, -0.15) is 0 Å². The minimum atomic E-state index is -0.493. The van der Waals surface area contributed by atoms with Gasteiger partial charge in [-0.25, -0.2) is 4.79 Å². The fraction of sp³-hybridized carbons (Fsp3) is 0.647. The Kier molecular flexibility index (Phi) is 5.96. The van der Waals surface area contributed by atoms with E-state index >= 15 is 0 Å². The number of ether oxygens (including phenoxy) is 2. The van der Waals surface area contributed by atoms with Gasteiger partial charge in [0.05, 0.1) is 18.2 Å². The topological polar surface area (TPSA) is 72.5 Å². The average molecular weight is 321 g/mol. The highest BCUT2D eigenvalue weighted by Gasteiger charge is 2.42. The maximum Gasteiger partial charge on any atom is 0.407 e. The number of hydrogen-bond donors (Lipinski definition) is 2. The normalized spacial score (nSPS) is 23.9. The summed E-state index contributed by atoms with van der Waals surface area (Å²) in [5.74, 6) is 0. The summed E-state index contributed by atoms with van der Waals surface area (Å²) >= 11 is 0. The molecule has 1 aliphatic carbocycles. The van der Waals surface area contributed by atoms with Gasteiger partial charge >= 0.3 is 6.09 Å². The van der Waals surface area contributed by atoms with E-state index in [0.717, 1.165) is 12.0 Å². The molecule has 2 N–H and O–H groups in total. The Hall–Kier alpha value is -1.66. The summed E-state index contributed by atoms with van der Waals surface area (Å²) in [5, 5.41) is 6.40. The third-order valence-corrected chi connectivity index (χ3v) is 3.69. The van der Waals surface area contributed by atoms with Gasteiger partial charge in [0.15, 0.2) is 0 Å². The molecule has 1 aliphatic rings. The van der Waals surface area contributed by atoms with Crippen LogP contribution in [0.15, 0.2) is 24.5 Å². The second-order valence-electron chi connectivity index (χ2n) is 6.74. The van der Waals surface area contributed by atoms with Gasteiger partial charge < -0.3 is 20.1 Å². The van der Waals surface area contributed by atoms with Crippen LogP contribution in [0.25, 0.3) is 0 Å². The van der Waals surface area contributed by atoms with E-state index < -0.39 is 5.60 Å². The summed E-state index contributed by atoms with van der Waals surface area (Å²) < 4.78 is 11.0. The van der Waals surface area contributed by atoms with Crippen molar-refractivity contribution < 1.29 is 14.3 Å². The van der Waals surface area contributed by atoms with E-state index in [-0.39, 0.29) is 24.3 Å². The second-order valence-corrected chi connectivity index (χ2v) is 6.74. The van der Waals surface area contributed by atoms with E-state index in [9.17, 15) is 4.79 Å². The number of nitrogens with zero attached hydrogens (tertiary/aromatic N) is 1. The maximum atomic E-state index is 11.9. The molecule has 0 aromatic carbocycles. The molecule has 0 radical (unpaired) electrons. The quantitative estimate of drug-likeness (QED) is 0.841. The molecule has 6 heteroatoms. The first-order valence-electron chi connectivity index (χ1n) is 8.12. The molecule has 0 aliphatic heterocycles. The van der Waals surface area contributed by atoms with Crippen molar-refractivity contribution in [3.8, 4) is 0 Å². The molecule has 1 heterocycles. The van der Waals surface area contributed by atoms with E-state index in [4.69, 9.17) is 9.47 Å². The highest BCUT2D eigenvalue weighted by molar-refractivity contribution is 5.68. The van der Waals surface area contributed by atoms with Gasteiger partial charge in [0.2, 0.25) is 0 Å². The van der Waals surface area contributed by atoms with Gasteiger partial charge in [-0.3, -0.25) is 4.98 Å². The molecule has 1 amide bonds. The summed E-state index contributed by atoms with van der Waals surface area (Å²) in [6.45, 7) is 8.93. The Morgan fingerprint density at radius 3 is 2.65 bits per heavy atom. The number of rotatable bonds is 6. The van der Waals surface area contributed by atoms with Crippen molar-refractivity contribution in [3.63, 3.8) is 0 Å². The van der Waals surface area contributed by atoms with Gasteiger partial charge in [0.1, 0.15) is 5.60 Å². The molecule has 1 aromatic rings. The van der Waals surface area contributed by atoms with E-state index in [2.05, 4.69) is 15.6 Å². The lowest BCUT2D eigenvalue weighted by Crippen LogP contribution is -2.66. The van der Waals surface area contributed by atoms with Crippen molar-refractivity contribution in [2.45, 2.75) is 64.4 Å². The molecular weight excluding hydrogens is 294 g/mol. The molecule has 23 heavy (non-hydrogen) atoms. The maximum absolute atomic E-state index is 11.9. The van der Waals surface area contributed by atoms with Crippen molar-refractivity contribution in [1.82, 2.24) is 15.6 Å². The molecule has 128 valence electrons. The van der Waals surface area contributed by atoms with Gasteiger partial charge in [-0.05, 0) is 51.8 Å². The first kappa shape index (κ1) is 17.7. The van der Waals surface area contributed by atoms with Gasteiger partial charge in [-0.15, -0.1) is 0 Å². The second kappa shape index (κ2) is 7.75. The number of nitrogens with one attached hydrogen (secondary N) is 2. The summed E-state index contributed by atoms with van der Waals surface area (Å²) in [5.41, 5.74) is 0.658. The van der Waals surface area contributed by atoms with E-state index in [1.807, 2.05) is 39.8 Å². The summed E-state index contributed by atoms with van der Waals surface area (Å²) in [6, 6.07) is 4.04. The SMILES string of the molecule is CCOC1CC(NC(=O)OC(C)(C)C)C1NCc1ccncc1. The van der Waals surface area contributed by atoms with Crippen LogP contribution in [0.1, 0.15) is 39.7 Å². The predicted octanol–water partition coefficient (Wildman–Crippen LogP) is 2.24. The first-order chi connectivity index (χ1) is 10.9. The van der Waals surface area contributed by atoms with Crippen LogP contribution in [0.5, 0.6) is 0 Å². The molecule has 1 fully saturated rings. The molecule has 3 atom stereocenters. The molecule has 0 spiro atoms. The first-order valence-corrected chi connectivity index (χ1v) is 8.12. The number of carbonyl (C=O) groups excluding carboxylic acids is 1. The molecule has 0 bridgehead atoms. The molecule has 6 nitrogen and oxygen atoms in total. The number of aromatic nitrogens is 1. The van der Waals surface area contributed by atoms with Crippen LogP contribution in [0, 0.1) is 0 Å². The standard InChI is InChI=1S/C17H27N3O3/c1-5-22-14-10-13(20-16(21)23-17(2,3)4)15(14)19-11-12-6-8-18-9-7-12/h6-9,13-15,19H,5,10-11H2,1-4H3,(H,20,21). The molecule has 2 rings (SSSR count). The fourth-order valence-electron chi connectivity index (χ4n) is 2.61. The zero-order valence-corrected chi connectivity index (χ0v) is 14.3. The molecule has 0 saturated heterocycles. The monoisotopic (exact) mass is 321 g/mol. The Morgan fingerprint density at radius 1 is 1.35 bits per heavy atom. The van der Waals surface area contributed by atoms with Crippen molar-refractivity contribution in [1.29, 1.82) is 0 Å². The average Bonchev–Trinajstić information content (AvgIpc) is 2.45. The highest BCUT2D eigenvalue weighted by Crippen LogP contribution is 2.25. The Balaban J connectivity index is 1.87. The summed E-state index contributed by atoms with van der Waals surface area (Å²) in [4.78, 5) is 15.9. The van der Waals surface area contributed by atoms with Crippen molar-refractivity contribution in [2.24, 2.45) is 0 Å². The number of pyridine rings is 1. The van der Waals surface area contributed by atoms with E-state index in [1.54, 1.807) is 12.4 Å². The lowest BCUT2D eigenvalue weighted by atomic mass is 9.82. The zero-order valence-electron chi connectivity index (χ0n) is 14.3. The lowest BCUT2D eigenvalue weighted by Gasteiger charge is -2.45. The largest absolute Gasteiger partial charge is 0.444 e. The van der Waals surface area contributed by atoms with Crippen LogP contribution in [-0.2, 0) is 16.0 Å². The molecule has 1 saturated carbocycles. The van der Waals surface area contributed by atoms with Gasteiger partial charge in [0.25, 0.3) is 0 Å². The molecule has 1 aromatic heterocycles. The third kappa shape index (κ3) is 5.48. The fourth-order valence-corrected chi connectivity index (χ4v) is 2.61. The van der Waals surface area contributed by atoms with E-state index in [1.165, 1.54) is 0 Å². The van der Waals surface area contributed by atoms with Crippen LogP contribution in [0.3, 0.4) is 0 Å². The molecular formula is C17H27N3O3. The number of hydrogen-bond acceptors (Lipinski definition) is 5. The highest BCUT2D eigenvalue weighted by atomic mass is 16.6. The van der Waals surface area contributed by atoms with Crippen molar-refractivity contribution in [3.05, 3.63) is 30.1 Å². The minimum Gasteiger partial charge on any atom is -0.444 e. The van der Waals surface area contributed by atoms with Crippen LogP contribution < -0.4 is 10.6 Å². The minimum absolute atomic E-state index is 0.0169.